The smallest absolute Gasteiger partial charge is 0.320 e. The van der Waals surface area contributed by atoms with Crippen molar-refractivity contribution in [2.24, 2.45) is 0 Å². The molecule has 94 valence electrons. The van der Waals surface area contributed by atoms with Gasteiger partial charge in [0.2, 0.25) is 0 Å². The number of carbonyl (C=O) groups is 2. The van der Waals surface area contributed by atoms with Crippen molar-refractivity contribution in [3.63, 3.8) is 0 Å². The standard InChI is InChI=1S/C11H21NO4/c1-3-4-5-8-12(2)9(11(15)16)6-7-10(13)14/h9H,3-8H2,1-2H3,(H,13,14)(H,15,16)/t9-/m0/s1. The van der Waals surface area contributed by atoms with Crippen molar-refractivity contribution in [3.05, 3.63) is 0 Å². The Morgan fingerprint density at radius 1 is 1.25 bits per heavy atom. The van der Waals surface area contributed by atoms with Crippen molar-refractivity contribution in [1.29, 1.82) is 0 Å². The first-order chi connectivity index (χ1) is 7.49. The van der Waals surface area contributed by atoms with Gasteiger partial charge in [-0.3, -0.25) is 14.5 Å². The number of likely N-dealkylation sites (N-methyl/N-ethyl adjacent to an activating group) is 1. The lowest BCUT2D eigenvalue weighted by Crippen LogP contribution is -2.39. The van der Waals surface area contributed by atoms with Gasteiger partial charge in [0.05, 0.1) is 0 Å². The molecule has 0 unspecified atom stereocenters. The quantitative estimate of drug-likeness (QED) is 0.587. The van der Waals surface area contributed by atoms with Crippen LogP contribution in [-0.4, -0.2) is 46.7 Å². The molecule has 0 aromatic carbocycles. The maximum atomic E-state index is 11.0. The molecule has 0 aliphatic rings. The van der Waals surface area contributed by atoms with Gasteiger partial charge >= 0.3 is 11.9 Å². The van der Waals surface area contributed by atoms with Gasteiger partial charge < -0.3 is 10.2 Å². The van der Waals surface area contributed by atoms with Crippen molar-refractivity contribution in [2.75, 3.05) is 13.6 Å². The van der Waals surface area contributed by atoms with Crippen molar-refractivity contribution in [2.45, 2.75) is 45.1 Å². The summed E-state index contributed by atoms with van der Waals surface area (Å²) in [5, 5.41) is 17.5. The number of carboxylic acids is 2. The summed E-state index contributed by atoms with van der Waals surface area (Å²) >= 11 is 0. The number of carboxylic acid groups (broad SMARTS) is 2. The second kappa shape index (κ2) is 8.10. The van der Waals surface area contributed by atoms with Crippen LogP contribution in [0.4, 0.5) is 0 Å². The Labute approximate surface area is 96.1 Å². The van der Waals surface area contributed by atoms with E-state index in [-0.39, 0.29) is 12.8 Å². The summed E-state index contributed by atoms with van der Waals surface area (Å²) in [6.45, 7) is 2.78. The second-order valence-corrected chi connectivity index (χ2v) is 3.97. The van der Waals surface area contributed by atoms with Crippen LogP contribution in [0.5, 0.6) is 0 Å². The van der Waals surface area contributed by atoms with Crippen LogP contribution in [0.1, 0.15) is 39.0 Å². The first kappa shape index (κ1) is 14.9. The van der Waals surface area contributed by atoms with Gasteiger partial charge in [-0.1, -0.05) is 19.8 Å². The zero-order valence-electron chi connectivity index (χ0n) is 9.98. The van der Waals surface area contributed by atoms with Crippen LogP contribution in [0, 0.1) is 0 Å². The first-order valence-electron chi connectivity index (χ1n) is 5.63. The van der Waals surface area contributed by atoms with Gasteiger partial charge in [0.15, 0.2) is 0 Å². The fraction of sp³-hybridized carbons (Fsp3) is 0.818. The number of hydrogen-bond donors (Lipinski definition) is 2. The van der Waals surface area contributed by atoms with E-state index in [0.717, 1.165) is 19.3 Å². The van der Waals surface area contributed by atoms with Crippen LogP contribution in [0.3, 0.4) is 0 Å². The summed E-state index contributed by atoms with van der Waals surface area (Å²) in [6.07, 6.45) is 3.16. The molecule has 0 fully saturated rings. The first-order valence-corrected chi connectivity index (χ1v) is 5.63. The topological polar surface area (TPSA) is 77.8 Å². The Morgan fingerprint density at radius 3 is 2.31 bits per heavy atom. The molecular weight excluding hydrogens is 210 g/mol. The van der Waals surface area contributed by atoms with Gasteiger partial charge in [-0.2, -0.15) is 0 Å². The Morgan fingerprint density at radius 2 is 1.88 bits per heavy atom. The van der Waals surface area contributed by atoms with E-state index in [2.05, 4.69) is 6.92 Å². The van der Waals surface area contributed by atoms with Gasteiger partial charge in [0, 0.05) is 6.42 Å². The molecule has 0 aromatic heterocycles. The van der Waals surface area contributed by atoms with Crippen LogP contribution in [0.25, 0.3) is 0 Å². The molecule has 0 spiro atoms. The highest BCUT2D eigenvalue weighted by Gasteiger charge is 2.22. The molecule has 2 N–H and O–H groups in total. The Bertz CT molecular complexity index is 230. The lowest BCUT2D eigenvalue weighted by molar-refractivity contribution is -0.144. The van der Waals surface area contributed by atoms with Crippen molar-refractivity contribution >= 4 is 11.9 Å². The highest BCUT2D eigenvalue weighted by Crippen LogP contribution is 2.08. The number of aliphatic carboxylic acids is 2. The molecule has 0 rings (SSSR count). The van der Waals surface area contributed by atoms with E-state index in [0.29, 0.717) is 6.54 Å². The van der Waals surface area contributed by atoms with Gasteiger partial charge in [-0.15, -0.1) is 0 Å². The van der Waals surface area contributed by atoms with E-state index in [4.69, 9.17) is 10.2 Å². The summed E-state index contributed by atoms with van der Waals surface area (Å²) in [5.74, 6) is -1.89. The van der Waals surface area contributed by atoms with E-state index >= 15 is 0 Å². The van der Waals surface area contributed by atoms with Crippen molar-refractivity contribution in [1.82, 2.24) is 4.90 Å². The van der Waals surface area contributed by atoms with Crippen LogP contribution in [-0.2, 0) is 9.59 Å². The molecule has 0 heterocycles. The highest BCUT2D eigenvalue weighted by atomic mass is 16.4. The molecule has 0 aromatic rings. The lowest BCUT2D eigenvalue weighted by atomic mass is 10.1. The molecule has 1 atom stereocenters. The maximum absolute atomic E-state index is 11.0. The summed E-state index contributed by atoms with van der Waals surface area (Å²) in [7, 11) is 1.73. The van der Waals surface area contributed by atoms with Crippen LogP contribution in [0.15, 0.2) is 0 Å². The molecule has 0 saturated carbocycles. The van der Waals surface area contributed by atoms with Crippen molar-refractivity contribution < 1.29 is 19.8 Å². The van der Waals surface area contributed by atoms with Crippen LogP contribution >= 0.6 is 0 Å². The third-order valence-electron chi connectivity index (χ3n) is 2.56. The Kier molecular flexibility index (Phi) is 7.54. The fourth-order valence-electron chi connectivity index (χ4n) is 1.56. The minimum Gasteiger partial charge on any atom is -0.481 e. The van der Waals surface area contributed by atoms with Crippen LogP contribution < -0.4 is 0 Å². The predicted octanol–water partition coefficient (Wildman–Crippen LogP) is 1.43. The Balaban J connectivity index is 4.08. The van der Waals surface area contributed by atoms with E-state index in [1.54, 1.807) is 11.9 Å². The minimum atomic E-state index is -0.951. The van der Waals surface area contributed by atoms with Crippen molar-refractivity contribution in [3.8, 4) is 0 Å². The minimum absolute atomic E-state index is 0.102. The largest absolute Gasteiger partial charge is 0.481 e. The molecular formula is C11H21NO4. The number of nitrogens with zero attached hydrogens (tertiary/aromatic N) is 1. The maximum Gasteiger partial charge on any atom is 0.320 e. The summed E-state index contributed by atoms with van der Waals surface area (Å²) in [6, 6.07) is -0.687. The van der Waals surface area contributed by atoms with Gasteiger partial charge in [0.1, 0.15) is 6.04 Å². The third-order valence-corrected chi connectivity index (χ3v) is 2.56. The van der Waals surface area contributed by atoms with Gasteiger partial charge in [-0.25, -0.2) is 0 Å². The van der Waals surface area contributed by atoms with E-state index in [1.807, 2.05) is 0 Å². The van der Waals surface area contributed by atoms with E-state index < -0.39 is 18.0 Å². The number of rotatable bonds is 9. The molecule has 0 radical (unpaired) electrons. The second-order valence-electron chi connectivity index (χ2n) is 3.97. The molecule has 0 amide bonds. The molecule has 0 bridgehead atoms. The average molecular weight is 231 g/mol. The summed E-state index contributed by atoms with van der Waals surface area (Å²) < 4.78 is 0. The average Bonchev–Trinajstić information content (AvgIpc) is 2.17. The van der Waals surface area contributed by atoms with Crippen LogP contribution in [0.2, 0.25) is 0 Å². The molecule has 5 heteroatoms. The lowest BCUT2D eigenvalue weighted by Gasteiger charge is -2.23. The number of unbranched alkanes of at least 4 members (excludes halogenated alkanes) is 2. The predicted molar refractivity (Wildman–Crippen MR) is 60.4 cm³/mol. The van der Waals surface area contributed by atoms with Gasteiger partial charge in [-0.05, 0) is 26.4 Å². The molecule has 5 nitrogen and oxygen atoms in total. The highest BCUT2D eigenvalue weighted by molar-refractivity contribution is 5.75. The zero-order valence-corrected chi connectivity index (χ0v) is 9.98. The normalized spacial score (nSPS) is 12.7. The zero-order chi connectivity index (χ0) is 12.6. The molecule has 0 aliphatic carbocycles. The molecule has 16 heavy (non-hydrogen) atoms. The summed E-state index contributed by atoms with van der Waals surface area (Å²) in [4.78, 5) is 23.1. The third kappa shape index (κ3) is 6.40. The summed E-state index contributed by atoms with van der Waals surface area (Å²) in [5.41, 5.74) is 0. The van der Waals surface area contributed by atoms with Gasteiger partial charge in [0.25, 0.3) is 0 Å². The Hall–Kier alpha value is -1.10. The molecule has 0 aliphatic heterocycles. The fourth-order valence-corrected chi connectivity index (χ4v) is 1.56. The number of hydrogen-bond acceptors (Lipinski definition) is 3. The molecule has 0 saturated heterocycles. The van der Waals surface area contributed by atoms with E-state index in [9.17, 15) is 9.59 Å². The monoisotopic (exact) mass is 231 g/mol. The van der Waals surface area contributed by atoms with E-state index in [1.165, 1.54) is 0 Å². The SMILES string of the molecule is CCCCCN(C)[C@@H](CCC(=O)O)C(=O)O.